The third-order valence-corrected chi connectivity index (χ3v) is 3.69. The van der Waals surface area contributed by atoms with Gasteiger partial charge in [-0.3, -0.25) is 14.5 Å². The highest BCUT2D eigenvalue weighted by molar-refractivity contribution is 5.94. The van der Waals surface area contributed by atoms with Gasteiger partial charge in [0, 0.05) is 44.1 Å². The lowest BCUT2D eigenvalue weighted by molar-refractivity contribution is 0.0938. The van der Waals surface area contributed by atoms with E-state index in [-0.39, 0.29) is 11.9 Å². The molecule has 3 heterocycles. The Labute approximate surface area is 128 Å². The standard InChI is InChI=1S/C15H16N6O/c1-20-8-12(7-18-20)14-3-2-11(6-17-14)15(22)19-13-4-5-21(9-13)10-16/h2-3,6-8,13H,4-5,9H2,1H3,(H,19,22)/t13-/m1/s1. The van der Waals surface area contributed by atoms with Gasteiger partial charge in [-0.05, 0) is 18.6 Å². The van der Waals surface area contributed by atoms with Gasteiger partial charge in [0.2, 0.25) is 0 Å². The van der Waals surface area contributed by atoms with Crippen molar-refractivity contribution in [2.45, 2.75) is 12.5 Å². The first-order chi connectivity index (χ1) is 10.7. The lowest BCUT2D eigenvalue weighted by Gasteiger charge is -2.12. The van der Waals surface area contributed by atoms with Gasteiger partial charge in [-0.2, -0.15) is 10.4 Å². The fourth-order valence-electron chi connectivity index (χ4n) is 2.49. The van der Waals surface area contributed by atoms with Gasteiger partial charge in [0.25, 0.3) is 5.91 Å². The van der Waals surface area contributed by atoms with Crippen LogP contribution < -0.4 is 5.32 Å². The SMILES string of the molecule is Cn1cc(-c2ccc(C(=O)N[C@@H]3CCN(C#N)C3)cn2)cn1. The molecule has 112 valence electrons. The normalized spacial score (nSPS) is 17.3. The Bertz CT molecular complexity index is 714. The highest BCUT2D eigenvalue weighted by atomic mass is 16.1. The van der Waals surface area contributed by atoms with Crippen LogP contribution in [-0.2, 0) is 7.05 Å². The first kappa shape index (κ1) is 14.1. The molecule has 1 fully saturated rings. The van der Waals surface area contributed by atoms with Crippen molar-refractivity contribution in [3.8, 4) is 17.5 Å². The maximum absolute atomic E-state index is 12.2. The summed E-state index contributed by atoms with van der Waals surface area (Å²) < 4.78 is 1.71. The van der Waals surface area contributed by atoms with Gasteiger partial charge >= 0.3 is 0 Å². The molecule has 0 aromatic carbocycles. The van der Waals surface area contributed by atoms with E-state index in [1.807, 2.05) is 19.3 Å². The molecule has 22 heavy (non-hydrogen) atoms. The van der Waals surface area contributed by atoms with Crippen molar-refractivity contribution in [1.82, 2.24) is 25.0 Å². The molecule has 1 saturated heterocycles. The summed E-state index contributed by atoms with van der Waals surface area (Å²) in [7, 11) is 1.84. The average molecular weight is 296 g/mol. The number of aromatic nitrogens is 3. The minimum atomic E-state index is -0.157. The zero-order chi connectivity index (χ0) is 15.5. The van der Waals surface area contributed by atoms with Crippen LogP contribution in [0.4, 0.5) is 0 Å². The number of hydrogen-bond donors (Lipinski definition) is 1. The summed E-state index contributed by atoms with van der Waals surface area (Å²) in [6, 6.07) is 3.58. The van der Waals surface area contributed by atoms with E-state index in [2.05, 4.69) is 21.6 Å². The van der Waals surface area contributed by atoms with Gasteiger partial charge in [0.05, 0.1) is 17.5 Å². The van der Waals surface area contributed by atoms with Crippen molar-refractivity contribution in [2.24, 2.45) is 7.05 Å². The fraction of sp³-hybridized carbons (Fsp3) is 0.333. The Kier molecular flexibility index (Phi) is 3.74. The molecule has 0 aliphatic carbocycles. The summed E-state index contributed by atoms with van der Waals surface area (Å²) in [5.41, 5.74) is 2.21. The molecule has 1 aliphatic heterocycles. The molecule has 1 N–H and O–H groups in total. The summed E-state index contributed by atoms with van der Waals surface area (Å²) in [6.07, 6.45) is 8.06. The van der Waals surface area contributed by atoms with Crippen molar-refractivity contribution in [3.63, 3.8) is 0 Å². The predicted octanol–water partition coefficient (Wildman–Crippen LogP) is 0.767. The second-order valence-corrected chi connectivity index (χ2v) is 5.34. The van der Waals surface area contributed by atoms with Crippen LogP contribution in [0, 0.1) is 11.5 Å². The van der Waals surface area contributed by atoms with E-state index in [4.69, 9.17) is 5.26 Å². The second kappa shape index (κ2) is 5.85. The molecule has 0 saturated carbocycles. The number of rotatable bonds is 3. The lowest BCUT2D eigenvalue weighted by Crippen LogP contribution is -2.36. The number of carbonyl (C=O) groups excluding carboxylic acids is 1. The average Bonchev–Trinajstić information content (AvgIpc) is 3.16. The van der Waals surface area contributed by atoms with Gasteiger partial charge in [-0.25, -0.2) is 0 Å². The molecule has 2 aromatic heterocycles. The third kappa shape index (κ3) is 2.91. The number of pyridine rings is 1. The number of aryl methyl sites for hydroxylation is 1. The molecular formula is C15H16N6O. The Morgan fingerprint density at radius 2 is 2.32 bits per heavy atom. The molecular weight excluding hydrogens is 280 g/mol. The molecule has 0 bridgehead atoms. The van der Waals surface area contributed by atoms with Crippen molar-refractivity contribution in [2.75, 3.05) is 13.1 Å². The van der Waals surface area contributed by atoms with Crippen LogP contribution in [0.15, 0.2) is 30.7 Å². The minimum absolute atomic E-state index is 0.0187. The van der Waals surface area contributed by atoms with E-state index in [9.17, 15) is 4.79 Å². The Morgan fingerprint density at radius 1 is 1.45 bits per heavy atom. The van der Waals surface area contributed by atoms with E-state index < -0.39 is 0 Å². The molecule has 3 rings (SSSR count). The number of likely N-dealkylation sites (tertiary alicyclic amines) is 1. The Morgan fingerprint density at radius 3 is 2.91 bits per heavy atom. The van der Waals surface area contributed by atoms with Crippen LogP contribution >= 0.6 is 0 Å². The van der Waals surface area contributed by atoms with Crippen molar-refractivity contribution < 1.29 is 4.79 Å². The fourth-order valence-corrected chi connectivity index (χ4v) is 2.49. The van der Waals surface area contributed by atoms with Gasteiger partial charge in [0.15, 0.2) is 6.19 Å². The van der Waals surface area contributed by atoms with E-state index >= 15 is 0 Å². The number of hydrogen-bond acceptors (Lipinski definition) is 5. The van der Waals surface area contributed by atoms with E-state index in [0.29, 0.717) is 18.7 Å². The van der Waals surface area contributed by atoms with Crippen LogP contribution in [0.5, 0.6) is 0 Å². The Hall–Kier alpha value is -2.88. The quantitative estimate of drug-likeness (QED) is 0.845. The predicted molar refractivity (Wildman–Crippen MR) is 79.5 cm³/mol. The maximum Gasteiger partial charge on any atom is 0.253 e. The third-order valence-electron chi connectivity index (χ3n) is 3.69. The van der Waals surface area contributed by atoms with E-state index in [0.717, 1.165) is 17.7 Å². The van der Waals surface area contributed by atoms with Crippen LogP contribution in [0.3, 0.4) is 0 Å². The van der Waals surface area contributed by atoms with Gasteiger partial charge < -0.3 is 10.2 Å². The zero-order valence-electron chi connectivity index (χ0n) is 12.2. The van der Waals surface area contributed by atoms with Gasteiger partial charge in [-0.15, -0.1) is 0 Å². The lowest BCUT2D eigenvalue weighted by atomic mass is 10.1. The highest BCUT2D eigenvalue weighted by Gasteiger charge is 2.23. The van der Waals surface area contributed by atoms with Gasteiger partial charge in [0.1, 0.15) is 0 Å². The smallest absolute Gasteiger partial charge is 0.253 e. The highest BCUT2D eigenvalue weighted by Crippen LogP contribution is 2.16. The summed E-state index contributed by atoms with van der Waals surface area (Å²) in [4.78, 5) is 18.1. The van der Waals surface area contributed by atoms with Crippen LogP contribution in [0.25, 0.3) is 11.3 Å². The summed E-state index contributed by atoms with van der Waals surface area (Å²) in [5, 5.41) is 15.9. The second-order valence-electron chi connectivity index (χ2n) is 5.34. The largest absolute Gasteiger partial charge is 0.347 e. The Balaban J connectivity index is 1.65. The van der Waals surface area contributed by atoms with Crippen LogP contribution in [0.1, 0.15) is 16.8 Å². The minimum Gasteiger partial charge on any atom is -0.347 e. The van der Waals surface area contributed by atoms with E-state index in [1.54, 1.807) is 28.0 Å². The summed E-state index contributed by atoms with van der Waals surface area (Å²) >= 11 is 0. The molecule has 1 atom stereocenters. The van der Waals surface area contributed by atoms with E-state index in [1.165, 1.54) is 0 Å². The molecule has 1 aliphatic rings. The zero-order valence-corrected chi connectivity index (χ0v) is 12.2. The number of nitriles is 1. The van der Waals surface area contributed by atoms with Crippen LogP contribution in [-0.4, -0.2) is 44.7 Å². The number of amides is 1. The monoisotopic (exact) mass is 296 g/mol. The molecule has 0 spiro atoms. The first-order valence-electron chi connectivity index (χ1n) is 7.06. The molecule has 7 heteroatoms. The van der Waals surface area contributed by atoms with Crippen molar-refractivity contribution >= 4 is 5.91 Å². The summed E-state index contributed by atoms with van der Waals surface area (Å²) in [5.74, 6) is -0.157. The summed E-state index contributed by atoms with van der Waals surface area (Å²) in [6.45, 7) is 1.27. The molecule has 1 amide bonds. The topological polar surface area (TPSA) is 86.8 Å². The van der Waals surface area contributed by atoms with Crippen molar-refractivity contribution in [1.29, 1.82) is 5.26 Å². The molecule has 7 nitrogen and oxygen atoms in total. The maximum atomic E-state index is 12.2. The molecule has 0 unspecified atom stereocenters. The van der Waals surface area contributed by atoms with Gasteiger partial charge in [-0.1, -0.05) is 0 Å². The van der Waals surface area contributed by atoms with Crippen molar-refractivity contribution in [3.05, 3.63) is 36.3 Å². The number of nitrogens with zero attached hydrogens (tertiary/aromatic N) is 5. The molecule has 0 radical (unpaired) electrons. The number of nitrogens with one attached hydrogen (secondary N) is 1. The van der Waals surface area contributed by atoms with Crippen LogP contribution in [0.2, 0.25) is 0 Å². The molecule has 2 aromatic rings. The number of carbonyl (C=O) groups is 1. The first-order valence-corrected chi connectivity index (χ1v) is 7.06.